The molecule has 2 aromatic carbocycles. The van der Waals surface area contributed by atoms with Crippen molar-refractivity contribution in [1.82, 2.24) is 0 Å². The highest BCUT2D eigenvalue weighted by Crippen LogP contribution is 2.38. The minimum absolute atomic E-state index is 0.0382. The molecule has 1 aliphatic carbocycles. The first-order chi connectivity index (χ1) is 14.5. The van der Waals surface area contributed by atoms with E-state index in [1.165, 1.54) is 0 Å². The minimum atomic E-state index is -0.377. The number of nitrogens with one attached hydrogen (secondary N) is 1. The maximum Gasteiger partial charge on any atom is 0.230 e. The Kier molecular flexibility index (Phi) is 4.57. The summed E-state index contributed by atoms with van der Waals surface area (Å²) in [5.74, 6) is -0.111. The maximum absolute atomic E-state index is 12.7. The van der Waals surface area contributed by atoms with E-state index in [-0.39, 0.29) is 36.0 Å². The summed E-state index contributed by atoms with van der Waals surface area (Å²) in [6.45, 7) is 3.03. The number of carbonyl (C=O) groups is 3. The number of nitrogens with zero attached hydrogens (tertiary/aromatic N) is 2. The average molecular weight is 403 g/mol. The van der Waals surface area contributed by atoms with Crippen LogP contribution in [0.25, 0.3) is 0 Å². The first kappa shape index (κ1) is 18.9. The number of aryl methyl sites for hydroxylation is 1. The van der Waals surface area contributed by atoms with Gasteiger partial charge in [0.25, 0.3) is 0 Å². The third-order valence-electron chi connectivity index (χ3n) is 6.36. The van der Waals surface area contributed by atoms with Crippen LogP contribution >= 0.6 is 0 Å². The minimum Gasteiger partial charge on any atom is -0.326 e. The van der Waals surface area contributed by atoms with E-state index in [4.69, 9.17) is 0 Å². The fraction of sp³-hybridized carbons (Fsp3) is 0.375. The first-order valence-corrected chi connectivity index (χ1v) is 10.6. The third-order valence-corrected chi connectivity index (χ3v) is 6.36. The van der Waals surface area contributed by atoms with Gasteiger partial charge in [0.15, 0.2) is 0 Å². The second-order valence-corrected chi connectivity index (χ2v) is 8.54. The summed E-state index contributed by atoms with van der Waals surface area (Å²) in [5, 5.41) is 2.96. The number of anilines is 3. The van der Waals surface area contributed by atoms with Crippen molar-refractivity contribution in [3.63, 3.8) is 0 Å². The van der Waals surface area contributed by atoms with Crippen LogP contribution in [0.5, 0.6) is 0 Å². The standard InChI is InChI=1S/C24H25N3O3/c1-15-4-2-3-5-20(15)25-23(29)18-13-22(28)27(14-18)19-8-9-21-17(12-19)10-11-26(21)24(30)16-6-7-16/h2-5,8-9,12,16,18H,6-7,10-11,13-14H2,1H3,(H,25,29). The van der Waals surface area contributed by atoms with Gasteiger partial charge in [-0.1, -0.05) is 18.2 Å². The molecular formula is C24H25N3O3. The molecule has 6 heteroatoms. The second-order valence-electron chi connectivity index (χ2n) is 8.54. The third kappa shape index (κ3) is 3.36. The molecule has 30 heavy (non-hydrogen) atoms. The van der Waals surface area contributed by atoms with Crippen LogP contribution in [0.2, 0.25) is 0 Å². The number of carbonyl (C=O) groups excluding carboxylic acids is 3. The van der Waals surface area contributed by atoms with Gasteiger partial charge >= 0.3 is 0 Å². The van der Waals surface area contributed by atoms with Crippen molar-refractivity contribution in [2.75, 3.05) is 28.2 Å². The van der Waals surface area contributed by atoms with Gasteiger partial charge in [-0.2, -0.15) is 0 Å². The smallest absolute Gasteiger partial charge is 0.230 e. The lowest BCUT2D eigenvalue weighted by molar-refractivity contribution is -0.122. The van der Waals surface area contributed by atoms with E-state index in [2.05, 4.69) is 5.32 Å². The summed E-state index contributed by atoms with van der Waals surface area (Å²) < 4.78 is 0. The highest BCUT2D eigenvalue weighted by atomic mass is 16.2. The van der Waals surface area contributed by atoms with E-state index in [0.717, 1.165) is 47.5 Å². The van der Waals surface area contributed by atoms with E-state index < -0.39 is 0 Å². The molecule has 1 saturated heterocycles. The summed E-state index contributed by atoms with van der Waals surface area (Å²) in [6, 6.07) is 13.5. The van der Waals surface area contributed by atoms with Gasteiger partial charge in [0.2, 0.25) is 17.7 Å². The van der Waals surface area contributed by atoms with Crippen molar-refractivity contribution in [3.05, 3.63) is 53.6 Å². The molecule has 0 aromatic heterocycles. The van der Waals surface area contributed by atoms with Gasteiger partial charge in [-0.25, -0.2) is 0 Å². The molecular weight excluding hydrogens is 378 g/mol. The lowest BCUT2D eigenvalue weighted by Gasteiger charge is -2.20. The zero-order chi connectivity index (χ0) is 20.8. The van der Waals surface area contributed by atoms with Gasteiger partial charge in [0.05, 0.1) is 5.92 Å². The van der Waals surface area contributed by atoms with E-state index in [9.17, 15) is 14.4 Å². The number of hydrogen-bond donors (Lipinski definition) is 1. The Labute approximate surface area is 175 Å². The molecule has 1 saturated carbocycles. The molecule has 1 atom stereocenters. The molecule has 1 N–H and O–H groups in total. The second kappa shape index (κ2) is 7.27. The Balaban J connectivity index is 1.30. The van der Waals surface area contributed by atoms with Gasteiger partial charge in [-0.15, -0.1) is 0 Å². The van der Waals surface area contributed by atoms with Crippen molar-refractivity contribution < 1.29 is 14.4 Å². The Morgan fingerprint density at radius 1 is 1.07 bits per heavy atom. The molecule has 3 aliphatic rings. The van der Waals surface area contributed by atoms with Crippen molar-refractivity contribution >= 4 is 34.8 Å². The molecule has 2 heterocycles. The van der Waals surface area contributed by atoms with E-state index >= 15 is 0 Å². The van der Waals surface area contributed by atoms with Crippen LogP contribution in [0.15, 0.2) is 42.5 Å². The molecule has 1 unspecified atom stereocenters. The number of fused-ring (bicyclic) bond motifs is 1. The molecule has 2 fully saturated rings. The number of rotatable bonds is 4. The van der Waals surface area contributed by atoms with Gasteiger partial charge in [-0.3, -0.25) is 14.4 Å². The average Bonchev–Trinajstić information content (AvgIpc) is 3.39. The lowest BCUT2D eigenvalue weighted by atomic mass is 10.1. The van der Waals surface area contributed by atoms with Crippen LogP contribution in [0.1, 0.15) is 30.4 Å². The highest BCUT2D eigenvalue weighted by Gasteiger charge is 2.38. The number of hydrogen-bond acceptors (Lipinski definition) is 3. The molecule has 0 bridgehead atoms. The summed E-state index contributed by atoms with van der Waals surface area (Å²) in [4.78, 5) is 41.5. The molecule has 154 valence electrons. The van der Waals surface area contributed by atoms with Crippen LogP contribution in [-0.2, 0) is 20.8 Å². The van der Waals surface area contributed by atoms with Crippen LogP contribution in [0.3, 0.4) is 0 Å². The van der Waals surface area contributed by atoms with Crippen LogP contribution in [0.4, 0.5) is 17.1 Å². The van der Waals surface area contributed by atoms with Crippen molar-refractivity contribution in [2.24, 2.45) is 11.8 Å². The van der Waals surface area contributed by atoms with Gasteiger partial charge < -0.3 is 15.1 Å². The molecule has 6 nitrogen and oxygen atoms in total. The lowest BCUT2D eigenvalue weighted by Crippen LogP contribution is -2.30. The number of benzene rings is 2. The number of amides is 3. The number of para-hydroxylation sites is 1. The van der Waals surface area contributed by atoms with Crippen molar-refractivity contribution in [3.8, 4) is 0 Å². The molecule has 5 rings (SSSR count). The SMILES string of the molecule is Cc1ccccc1NC(=O)C1CC(=O)N(c2ccc3c(c2)CCN3C(=O)C2CC2)C1. The fourth-order valence-corrected chi connectivity index (χ4v) is 4.42. The van der Waals surface area contributed by atoms with E-state index in [1.807, 2.05) is 54.3 Å². The first-order valence-electron chi connectivity index (χ1n) is 10.6. The van der Waals surface area contributed by atoms with Gasteiger partial charge in [-0.05, 0) is 61.6 Å². The molecule has 3 amide bonds. The van der Waals surface area contributed by atoms with Gasteiger partial charge in [0.1, 0.15) is 0 Å². The molecule has 2 aliphatic heterocycles. The normalized spacial score (nSPS) is 20.4. The quantitative estimate of drug-likeness (QED) is 0.852. The molecule has 0 radical (unpaired) electrons. The van der Waals surface area contributed by atoms with Crippen molar-refractivity contribution in [1.29, 1.82) is 0 Å². The monoisotopic (exact) mass is 403 g/mol. The van der Waals surface area contributed by atoms with Crippen LogP contribution < -0.4 is 15.1 Å². The van der Waals surface area contributed by atoms with E-state index in [1.54, 1.807) is 4.90 Å². The Morgan fingerprint density at radius 3 is 2.63 bits per heavy atom. The summed E-state index contributed by atoms with van der Waals surface area (Å²) in [6.07, 6.45) is 3.01. The van der Waals surface area contributed by atoms with Crippen molar-refractivity contribution in [2.45, 2.75) is 32.6 Å². The summed E-state index contributed by atoms with van der Waals surface area (Å²) >= 11 is 0. The largest absolute Gasteiger partial charge is 0.326 e. The predicted molar refractivity (Wildman–Crippen MR) is 115 cm³/mol. The fourth-order valence-electron chi connectivity index (χ4n) is 4.42. The van der Waals surface area contributed by atoms with Gasteiger partial charge in [0, 0.05) is 42.5 Å². The predicted octanol–water partition coefficient (Wildman–Crippen LogP) is 3.29. The zero-order valence-electron chi connectivity index (χ0n) is 17.1. The molecule has 2 aromatic rings. The topological polar surface area (TPSA) is 69.7 Å². The summed E-state index contributed by atoms with van der Waals surface area (Å²) in [5.41, 5.74) is 4.66. The maximum atomic E-state index is 12.7. The van der Waals surface area contributed by atoms with E-state index in [0.29, 0.717) is 13.1 Å². The Morgan fingerprint density at radius 2 is 1.87 bits per heavy atom. The Bertz CT molecular complexity index is 1040. The Hall–Kier alpha value is -3.15. The van der Waals surface area contributed by atoms with Crippen LogP contribution in [-0.4, -0.2) is 30.8 Å². The van der Waals surface area contributed by atoms with Crippen LogP contribution in [0, 0.1) is 18.8 Å². The summed E-state index contributed by atoms with van der Waals surface area (Å²) in [7, 11) is 0. The molecule has 0 spiro atoms. The highest BCUT2D eigenvalue weighted by molar-refractivity contribution is 6.04. The zero-order valence-corrected chi connectivity index (χ0v) is 17.1.